The van der Waals surface area contributed by atoms with Crippen molar-refractivity contribution in [2.75, 3.05) is 0 Å². The lowest BCUT2D eigenvalue weighted by Crippen LogP contribution is -2.13. The summed E-state index contributed by atoms with van der Waals surface area (Å²) >= 11 is 0. The molecule has 3 atom stereocenters. The third-order valence-electron chi connectivity index (χ3n) is 4.94. The van der Waals surface area contributed by atoms with Crippen LogP contribution in [0.25, 0.3) is 0 Å². The highest BCUT2D eigenvalue weighted by molar-refractivity contribution is 7.89. The monoisotopic (exact) mass is 394 g/mol. The van der Waals surface area contributed by atoms with Crippen molar-refractivity contribution in [1.29, 1.82) is 0 Å². The van der Waals surface area contributed by atoms with Crippen molar-refractivity contribution >= 4 is 15.7 Å². The molecule has 142 valence electrons. The molecule has 7 heteroatoms. The van der Waals surface area contributed by atoms with E-state index in [9.17, 15) is 18.5 Å². The zero-order valence-corrected chi connectivity index (χ0v) is 15.9. The van der Waals surface area contributed by atoms with E-state index < -0.39 is 21.0 Å². The Labute approximate surface area is 163 Å². The van der Waals surface area contributed by atoms with E-state index in [1.807, 2.05) is 37.3 Å². The topological polar surface area (TPSA) is 80.3 Å². The second-order valence-corrected chi connectivity index (χ2v) is 8.64. The van der Waals surface area contributed by atoms with Gasteiger partial charge in [-0.3, -0.25) is 10.1 Å². The summed E-state index contributed by atoms with van der Waals surface area (Å²) < 4.78 is 28.0. The minimum atomic E-state index is -3.70. The van der Waals surface area contributed by atoms with Gasteiger partial charge in [0.05, 0.1) is 21.9 Å². The van der Waals surface area contributed by atoms with Crippen LogP contribution in [0.1, 0.15) is 28.8 Å². The smallest absolute Gasteiger partial charge is 0.258 e. The lowest BCUT2D eigenvalue weighted by atomic mass is 10.0. The van der Waals surface area contributed by atoms with E-state index >= 15 is 0 Å². The van der Waals surface area contributed by atoms with E-state index in [4.69, 9.17) is 0 Å². The van der Waals surface area contributed by atoms with Crippen LogP contribution in [0.4, 0.5) is 5.69 Å². The highest BCUT2D eigenvalue weighted by Gasteiger charge is 2.56. The van der Waals surface area contributed by atoms with Crippen molar-refractivity contribution in [1.82, 2.24) is 4.31 Å². The number of nitro groups is 1. The van der Waals surface area contributed by atoms with Crippen LogP contribution in [0.15, 0.2) is 83.8 Å². The van der Waals surface area contributed by atoms with E-state index in [1.165, 1.54) is 16.4 Å². The van der Waals surface area contributed by atoms with E-state index in [2.05, 4.69) is 0 Å². The second kappa shape index (κ2) is 6.85. The van der Waals surface area contributed by atoms with Crippen molar-refractivity contribution in [2.24, 2.45) is 0 Å². The first-order chi connectivity index (χ1) is 13.4. The molecule has 1 aliphatic heterocycles. The lowest BCUT2D eigenvalue weighted by molar-refractivity contribution is -0.384. The molecule has 0 bridgehead atoms. The zero-order chi connectivity index (χ0) is 19.9. The minimum Gasteiger partial charge on any atom is -0.258 e. The van der Waals surface area contributed by atoms with Crippen molar-refractivity contribution in [2.45, 2.75) is 23.9 Å². The van der Waals surface area contributed by atoms with E-state index in [-0.39, 0.29) is 16.6 Å². The number of rotatable bonds is 5. The zero-order valence-electron chi connectivity index (χ0n) is 15.1. The largest absolute Gasteiger partial charge is 0.269 e. The van der Waals surface area contributed by atoms with Gasteiger partial charge in [-0.15, -0.1) is 0 Å². The molecular formula is C21H18N2O4S. The molecule has 0 aromatic heterocycles. The summed E-state index contributed by atoms with van der Waals surface area (Å²) in [5, 5.41) is 10.9. The predicted molar refractivity (Wildman–Crippen MR) is 105 cm³/mol. The average Bonchev–Trinajstić information content (AvgIpc) is 3.46. The number of hydrogen-bond donors (Lipinski definition) is 0. The maximum atomic E-state index is 13.3. The number of sulfonamides is 1. The summed E-state index contributed by atoms with van der Waals surface area (Å²) in [6.07, 6.45) is 0. The summed E-state index contributed by atoms with van der Waals surface area (Å²) in [7, 11) is -3.70. The van der Waals surface area contributed by atoms with Gasteiger partial charge < -0.3 is 0 Å². The maximum absolute atomic E-state index is 13.3. The quantitative estimate of drug-likeness (QED) is 0.365. The molecule has 0 amide bonds. The van der Waals surface area contributed by atoms with Crippen molar-refractivity contribution < 1.29 is 13.3 Å². The highest BCUT2D eigenvalue weighted by Crippen LogP contribution is 2.57. The second-order valence-electron chi connectivity index (χ2n) is 6.80. The van der Waals surface area contributed by atoms with Gasteiger partial charge in [0.15, 0.2) is 0 Å². The van der Waals surface area contributed by atoms with Crippen LogP contribution in [0.2, 0.25) is 0 Å². The maximum Gasteiger partial charge on any atom is 0.269 e. The minimum absolute atomic E-state index is 0.0198. The van der Waals surface area contributed by atoms with Crippen LogP contribution in [0, 0.1) is 17.0 Å². The van der Waals surface area contributed by atoms with E-state index in [1.54, 1.807) is 36.4 Å². The van der Waals surface area contributed by atoms with Gasteiger partial charge in [0.25, 0.3) is 5.69 Å². The third kappa shape index (κ3) is 3.19. The van der Waals surface area contributed by atoms with Gasteiger partial charge in [-0.25, -0.2) is 8.42 Å². The number of benzene rings is 3. The SMILES string of the molecule is Cc1ccc(S(=O)(=O)N2[C@H](c3ccccc3)[C@H]2c2ccc([N+](=O)[O-])cc2)cc1. The third-order valence-corrected chi connectivity index (χ3v) is 6.82. The van der Waals surface area contributed by atoms with Crippen molar-refractivity contribution in [3.05, 3.63) is 106 Å². The molecule has 1 aliphatic rings. The van der Waals surface area contributed by atoms with Gasteiger partial charge in [-0.05, 0) is 30.2 Å². The van der Waals surface area contributed by atoms with Gasteiger partial charge in [-0.2, -0.15) is 4.31 Å². The molecule has 28 heavy (non-hydrogen) atoms. The Morgan fingerprint density at radius 1 is 0.821 bits per heavy atom. The predicted octanol–water partition coefficient (Wildman–Crippen LogP) is 4.39. The Morgan fingerprint density at radius 3 is 1.89 bits per heavy atom. The van der Waals surface area contributed by atoms with Gasteiger partial charge in [0.2, 0.25) is 10.0 Å². The number of nitrogens with zero attached hydrogens (tertiary/aromatic N) is 2. The Balaban J connectivity index is 1.75. The molecule has 0 spiro atoms. The van der Waals surface area contributed by atoms with E-state index in [0.717, 1.165) is 16.7 Å². The standard InChI is InChI=1S/C21H18N2O4S/c1-15-7-13-19(14-8-15)28(26,27)22-20(16-5-3-2-4-6-16)21(22)17-9-11-18(12-10-17)23(24)25/h2-14,20-21H,1H3/t20-,21-,22?/m1/s1. The normalized spacial score (nSPS) is 21.2. The Bertz CT molecular complexity index is 1110. The molecule has 4 rings (SSSR count). The Hall–Kier alpha value is -3.03. The first-order valence-electron chi connectivity index (χ1n) is 8.79. The molecule has 1 fully saturated rings. The molecule has 0 radical (unpaired) electrons. The van der Waals surface area contributed by atoms with Gasteiger partial charge in [0, 0.05) is 12.1 Å². The van der Waals surface area contributed by atoms with Crippen LogP contribution < -0.4 is 0 Å². The number of hydrogen-bond acceptors (Lipinski definition) is 4. The fourth-order valence-corrected chi connectivity index (χ4v) is 5.19. The molecule has 0 N–H and O–H groups in total. The Kier molecular flexibility index (Phi) is 4.49. The van der Waals surface area contributed by atoms with Crippen LogP contribution >= 0.6 is 0 Å². The highest BCUT2D eigenvalue weighted by atomic mass is 32.2. The molecule has 0 saturated carbocycles. The average molecular weight is 394 g/mol. The van der Waals surface area contributed by atoms with Gasteiger partial charge in [0.1, 0.15) is 0 Å². The van der Waals surface area contributed by atoms with Crippen molar-refractivity contribution in [3.8, 4) is 0 Å². The summed E-state index contributed by atoms with van der Waals surface area (Å²) in [4.78, 5) is 10.7. The molecule has 1 saturated heterocycles. The van der Waals surface area contributed by atoms with Crippen LogP contribution in [-0.4, -0.2) is 17.6 Å². The van der Waals surface area contributed by atoms with Crippen LogP contribution in [0.3, 0.4) is 0 Å². The molecule has 0 aliphatic carbocycles. The summed E-state index contributed by atoms with van der Waals surface area (Å²) in [6.45, 7) is 1.90. The lowest BCUT2D eigenvalue weighted by Gasteiger charge is -2.07. The van der Waals surface area contributed by atoms with Crippen LogP contribution in [-0.2, 0) is 10.0 Å². The first-order valence-corrected chi connectivity index (χ1v) is 10.2. The molecule has 1 unspecified atom stereocenters. The number of aryl methyl sites for hydroxylation is 1. The van der Waals surface area contributed by atoms with Gasteiger partial charge in [-0.1, -0.05) is 60.2 Å². The summed E-state index contributed by atoms with van der Waals surface area (Å²) in [5.74, 6) is 0. The van der Waals surface area contributed by atoms with Gasteiger partial charge >= 0.3 is 0 Å². The fraction of sp³-hybridized carbons (Fsp3) is 0.143. The van der Waals surface area contributed by atoms with Crippen molar-refractivity contribution in [3.63, 3.8) is 0 Å². The first kappa shape index (κ1) is 18.3. The Morgan fingerprint density at radius 2 is 1.36 bits per heavy atom. The molecular weight excluding hydrogens is 376 g/mol. The molecule has 3 aromatic carbocycles. The fourth-order valence-electron chi connectivity index (χ4n) is 3.44. The number of nitro benzene ring substituents is 1. The summed E-state index contributed by atoms with van der Waals surface area (Å²) in [5.41, 5.74) is 2.58. The molecule has 1 heterocycles. The summed E-state index contributed by atoms with van der Waals surface area (Å²) in [6, 6.07) is 21.5. The molecule has 3 aromatic rings. The number of non-ortho nitro benzene ring substituents is 1. The van der Waals surface area contributed by atoms with E-state index in [0.29, 0.717) is 0 Å². The molecule has 6 nitrogen and oxygen atoms in total. The van der Waals surface area contributed by atoms with Crippen LogP contribution in [0.5, 0.6) is 0 Å².